The van der Waals surface area contributed by atoms with Gasteiger partial charge < -0.3 is 10.5 Å². The van der Waals surface area contributed by atoms with Gasteiger partial charge in [0.25, 0.3) is 0 Å². The fraction of sp³-hybridized carbons (Fsp3) is 0.250. The summed E-state index contributed by atoms with van der Waals surface area (Å²) in [5.74, 6) is 0.923. The summed E-state index contributed by atoms with van der Waals surface area (Å²) >= 11 is 0. The zero-order valence-electron chi connectivity index (χ0n) is 10.9. The summed E-state index contributed by atoms with van der Waals surface area (Å²) in [4.78, 5) is 0. The molecule has 0 bridgehead atoms. The SMILES string of the molecule is CCOc1ccccc1-c1ccc(N)c(CC)c1. The van der Waals surface area contributed by atoms with Crippen LogP contribution in [0.2, 0.25) is 0 Å². The van der Waals surface area contributed by atoms with Crippen LogP contribution < -0.4 is 10.5 Å². The number of nitrogen functional groups attached to an aromatic ring is 1. The fourth-order valence-corrected chi connectivity index (χ4v) is 2.07. The average molecular weight is 241 g/mol. The second-order valence-electron chi connectivity index (χ2n) is 4.20. The van der Waals surface area contributed by atoms with Gasteiger partial charge in [-0.25, -0.2) is 0 Å². The van der Waals surface area contributed by atoms with E-state index in [4.69, 9.17) is 10.5 Å². The van der Waals surface area contributed by atoms with Crippen molar-refractivity contribution < 1.29 is 4.74 Å². The highest BCUT2D eigenvalue weighted by Gasteiger charge is 2.07. The summed E-state index contributed by atoms with van der Waals surface area (Å²) < 4.78 is 5.66. The Morgan fingerprint density at radius 1 is 1.06 bits per heavy atom. The van der Waals surface area contributed by atoms with Crippen LogP contribution >= 0.6 is 0 Å². The molecule has 0 aliphatic heterocycles. The van der Waals surface area contributed by atoms with E-state index < -0.39 is 0 Å². The van der Waals surface area contributed by atoms with Crippen molar-refractivity contribution in [3.05, 3.63) is 48.0 Å². The third-order valence-electron chi connectivity index (χ3n) is 3.02. The number of nitrogens with two attached hydrogens (primary N) is 1. The van der Waals surface area contributed by atoms with E-state index in [2.05, 4.69) is 19.1 Å². The van der Waals surface area contributed by atoms with E-state index >= 15 is 0 Å². The van der Waals surface area contributed by atoms with Crippen molar-refractivity contribution in [1.29, 1.82) is 0 Å². The Balaban J connectivity index is 2.48. The number of anilines is 1. The predicted molar refractivity (Wildman–Crippen MR) is 76.8 cm³/mol. The highest BCUT2D eigenvalue weighted by atomic mass is 16.5. The Bertz CT molecular complexity index is 534. The minimum absolute atomic E-state index is 0.673. The van der Waals surface area contributed by atoms with Crippen LogP contribution in [0.15, 0.2) is 42.5 Å². The quantitative estimate of drug-likeness (QED) is 0.824. The molecule has 0 radical (unpaired) electrons. The van der Waals surface area contributed by atoms with Crippen LogP contribution in [0.1, 0.15) is 19.4 Å². The second kappa shape index (κ2) is 5.58. The molecule has 0 heterocycles. The van der Waals surface area contributed by atoms with Gasteiger partial charge in [-0.15, -0.1) is 0 Å². The Morgan fingerprint density at radius 3 is 2.56 bits per heavy atom. The molecule has 0 saturated heterocycles. The molecule has 2 heteroatoms. The number of benzene rings is 2. The normalized spacial score (nSPS) is 10.3. The highest BCUT2D eigenvalue weighted by molar-refractivity contribution is 5.73. The Labute approximate surface area is 108 Å². The molecule has 2 N–H and O–H groups in total. The molecule has 94 valence electrons. The zero-order valence-corrected chi connectivity index (χ0v) is 10.9. The van der Waals surface area contributed by atoms with Crippen LogP contribution in [-0.2, 0) is 6.42 Å². The number of rotatable bonds is 4. The molecule has 0 fully saturated rings. The molecular formula is C16H19NO. The van der Waals surface area contributed by atoms with Crippen LogP contribution in [0, 0.1) is 0 Å². The third-order valence-corrected chi connectivity index (χ3v) is 3.02. The van der Waals surface area contributed by atoms with E-state index in [0.29, 0.717) is 6.61 Å². The first kappa shape index (κ1) is 12.5. The molecule has 0 amide bonds. The van der Waals surface area contributed by atoms with Crippen LogP contribution in [0.4, 0.5) is 5.69 Å². The maximum atomic E-state index is 5.94. The zero-order chi connectivity index (χ0) is 13.0. The van der Waals surface area contributed by atoms with Crippen LogP contribution in [0.5, 0.6) is 5.75 Å². The van der Waals surface area contributed by atoms with Gasteiger partial charge in [0, 0.05) is 11.3 Å². The maximum Gasteiger partial charge on any atom is 0.127 e. The molecule has 2 aromatic rings. The van der Waals surface area contributed by atoms with E-state index in [1.165, 1.54) is 5.56 Å². The van der Waals surface area contributed by atoms with E-state index in [0.717, 1.165) is 29.0 Å². The molecule has 0 aliphatic rings. The molecule has 0 aliphatic carbocycles. The van der Waals surface area contributed by atoms with Gasteiger partial charge in [-0.05, 0) is 42.7 Å². The van der Waals surface area contributed by atoms with E-state index in [9.17, 15) is 0 Å². The lowest BCUT2D eigenvalue weighted by atomic mass is 10.00. The van der Waals surface area contributed by atoms with Crippen molar-refractivity contribution in [3.63, 3.8) is 0 Å². The topological polar surface area (TPSA) is 35.2 Å². The van der Waals surface area contributed by atoms with Gasteiger partial charge >= 0.3 is 0 Å². The Hall–Kier alpha value is -1.96. The van der Waals surface area contributed by atoms with Gasteiger partial charge in [0.15, 0.2) is 0 Å². The molecule has 0 aromatic heterocycles. The summed E-state index contributed by atoms with van der Waals surface area (Å²) in [6.07, 6.45) is 0.941. The lowest BCUT2D eigenvalue weighted by Gasteiger charge is -2.12. The Kier molecular flexibility index (Phi) is 3.88. The molecule has 2 nitrogen and oxygen atoms in total. The number of hydrogen-bond donors (Lipinski definition) is 1. The summed E-state index contributed by atoms with van der Waals surface area (Å²) in [6.45, 7) is 4.79. The number of aryl methyl sites for hydroxylation is 1. The number of hydrogen-bond acceptors (Lipinski definition) is 2. The van der Waals surface area contributed by atoms with Crippen molar-refractivity contribution in [2.45, 2.75) is 20.3 Å². The monoisotopic (exact) mass is 241 g/mol. The summed E-state index contributed by atoms with van der Waals surface area (Å²) in [6, 6.07) is 14.3. The molecule has 0 saturated carbocycles. The van der Waals surface area contributed by atoms with Crippen molar-refractivity contribution in [3.8, 4) is 16.9 Å². The van der Waals surface area contributed by atoms with Crippen molar-refractivity contribution in [2.24, 2.45) is 0 Å². The first-order valence-corrected chi connectivity index (χ1v) is 6.36. The molecule has 2 aromatic carbocycles. The molecule has 0 spiro atoms. The fourth-order valence-electron chi connectivity index (χ4n) is 2.07. The minimum atomic E-state index is 0.673. The number of ether oxygens (including phenoxy) is 1. The highest BCUT2D eigenvalue weighted by Crippen LogP contribution is 2.31. The summed E-state index contributed by atoms with van der Waals surface area (Å²) in [7, 11) is 0. The van der Waals surface area contributed by atoms with Gasteiger partial charge in [0.2, 0.25) is 0 Å². The first-order valence-electron chi connectivity index (χ1n) is 6.36. The summed E-state index contributed by atoms with van der Waals surface area (Å²) in [5.41, 5.74) is 10.3. The average Bonchev–Trinajstić information content (AvgIpc) is 2.40. The van der Waals surface area contributed by atoms with Gasteiger partial charge in [0.1, 0.15) is 5.75 Å². The van der Waals surface area contributed by atoms with Gasteiger partial charge in [-0.2, -0.15) is 0 Å². The van der Waals surface area contributed by atoms with Crippen LogP contribution in [0.25, 0.3) is 11.1 Å². The van der Waals surface area contributed by atoms with Crippen LogP contribution in [0.3, 0.4) is 0 Å². The second-order valence-corrected chi connectivity index (χ2v) is 4.20. The van der Waals surface area contributed by atoms with Gasteiger partial charge in [0.05, 0.1) is 6.61 Å². The van der Waals surface area contributed by atoms with Crippen molar-refractivity contribution in [2.75, 3.05) is 12.3 Å². The van der Waals surface area contributed by atoms with Gasteiger partial charge in [-0.3, -0.25) is 0 Å². The minimum Gasteiger partial charge on any atom is -0.493 e. The largest absolute Gasteiger partial charge is 0.493 e. The van der Waals surface area contributed by atoms with Gasteiger partial charge in [-0.1, -0.05) is 31.2 Å². The van der Waals surface area contributed by atoms with Crippen LogP contribution in [-0.4, -0.2) is 6.61 Å². The van der Waals surface area contributed by atoms with E-state index in [1.54, 1.807) is 0 Å². The Morgan fingerprint density at radius 2 is 1.83 bits per heavy atom. The lowest BCUT2D eigenvalue weighted by molar-refractivity contribution is 0.341. The first-order chi connectivity index (χ1) is 8.76. The van der Waals surface area contributed by atoms with Crippen molar-refractivity contribution >= 4 is 5.69 Å². The maximum absolute atomic E-state index is 5.94. The van der Waals surface area contributed by atoms with E-state index in [-0.39, 0.29) is 0 Å². The molecule has 0 atom stereocenters. The smallest absolute Gasteiger partial charge is 0.127 e. The number of para-hydroxylation sites is 1. The predicted octanol–water partition coefficient (Wildman–Crippen LogP) is 3.90. The molecule has 2 rings (SSSR count). The molecule has 18 heavy (non-hydrogen) atoms. The standard InChI is InChI=1S/C16H19NO/c1-3-12-11-13(9-10-15(12)17)14-7-5-6-8-16(14)18-4-2/h5-11H,3-4,17H2,1-2H3. The van der Waals surface area contributed by atoms with E-state index in [1.807, 2.05) is 37.3 Å². The van der Waals surface area contributed by atoms with Crippen molar-refractivity contribution in [1.82, 2.24) is 0 Å². The third kappa shape index (κ3) is 2.48. The molecular weight excluding hydrogens is 222 g/mol. The summed E-state index contributed by atoms with van der Waals surface area (Å²) in [5, 5.41) is 0. The molecule has 0 unspecified atom stereocenters. The lowest BCUT2D eigenvalue weighted by Crippen LogP contribution is -1.96.